The molecule has 0 aromatic carbocycles. The van der Waals surface area contributed by atoms with Crippen LogP contribution in [-0.2, 0) is 14.3 Å². The molecule has 4 atom stereocenters. The van der Waals surface area contributed by atoms with Gasteiger partial charge in [-0.3, -0.25) is 9.59 Å². The monoisotopic (exact) mass is 283 g/mol. The zero-order valence-corrected chi connectivity index (χ0v) is 12.5. The number of carbonyl (C=O) groups is 2. The van der Waals surface area contributed by atoms with Gasteiger partial charge in [0.1, 0.15) is 6.54 Å². The van der Waals surface area contributed by atoms with Gasteiger partial charge in [-0.15, -0.1) is 0 Å². The quantitative estimate of drug-likeness (QED) is 0.855. The van der Waals surface area contributed by atoms with Crippen molar-refractivity contribution < 1.29 is 19.4 Å². The minimum atomic E-state index is -0.933. The molecule has 0 aromatic rings. The van der Waals surface area contributed by atoms with E-state index in [0.29, 0.717) is 0 Å². The number of carbonyl (C=O) groups excluding carboxylic acids is 1. The maximum absolute atomic E-state index is 12.8. The van der Waals surface area contributed by atoms with E-state index < -0.39 is 5.97 Å². The van der Waals surface area contributed by atoms with E-state index in [1.165, 1.54) is 0 Å². The first-order chi connectivity index (χ1) is 9.41. The highest BCUT2D eigenvalue weighted by molar-refractivity contribution is 5.84. The van der Waals surface area contributed by atoms with E-state index in [-0.39, 0.29) is 42.5 Å². The maximum atomic E-state index is 12.8. The molecule has 1 saturated heterocycles. The standard InChI is InChI=1S/C15H25NO4/c1-9-10(2)20-11(3)14(9)15(19)16(8-13(17)18)12-6-4-5-7-12/h9-12,14H,4-8H2,1-3H3,(H,17,18). The fourth-order valence-electron chi connectivity index (χ4n) is 3.63. The molecule has 1 amide bonds. The second-order valence-corrected chi connectivity index (χ2v) is 6.23. The minimum Gasteiger partial charge on any atom is -0.480 e. The van der Waals surface area contributed by atoms with Crippen LogP contribution in [0.2, 0.25) is 0 Å². The van der Waals surface area contributed by atoms with E-state index in [1.54, 1.807) is 4.90 Å². The SMILES string of the molecule is CC1OC(C)C(C(=O)N(CC(=O)O)C2CCCC2)C1C. The Balaban J connectivity index is 2.15. The highest BCUT2D eigenvalue weighted by atomic mass is 16.5. The molecular weight excluding hydrogens is 258 g/mol. The number of ether oxygens (including phenoxy) is 1. The van der Waals surface area contributed by atoms with Gasteiger partial charge in [-0.05, 0) is 32.6 Å². The maximum Gasteiger partial charge on any atom is 0.323 e. The normalized spacial score (nSPS) is 34.4. The number of amides is 1. The highest BCUT2D eigenvalue weighted by Crippen LogP contribution is 2.35. The average Bonchev–Trinajstić information content (AvgIpc) is 2.96. The summed E-state index contributed by atoms with van der Waals surface area (Å²) in [5.41, 5.74) is 0. The van der Waals surface area contributed by atoms with Gasteiger partial charge < -0.3 is 14.7 Å². The molecule has 0 radical (unpaired) electrons. The van der Waals surface area contributed by atoms with E-state index in [4.69, 9.17) is 9.84 Å². The molecule has 0 aromatic heterocycles. The molecule has 1 saturated carbocycles. The summed E-state index contributed by atoms with van der Waals surface area (Å²) < 4.78 is 5.73. The Hall–Kier alpha value is -1.10. The lowest BCUT2D eigenvalue weighted by molar-refractivity contribution is -0.149. The third-order valence-electron chi connectivity index (χ3n) is 4.88. The van der Waals surface area contributed by atoms with Gasteiger partial charge in [0.05, 0.1) is 18.1 Å². The van der Waals surface area contributed by atoms with Crippen LogP contribution in [0, 0.1) is 11.8 Å². The first-order valence-corrected chi connectivity index (χ1v) is 7.59. The lowest BCUT2D eigenvalue weighted by Gasteiger charge is -2.32. The third-order valence-corrected chi connectivity index (χ3v) is 4.88. The Morgan fingerprint density at radius 1 is 1.15 bits per heavy atom. The summed E-state index contributed by atoms with van der Waals surface area (Å²) in [7, 11) is 0. The van der Waals surface area contributed by atoms with Gasteiger partial charge in [-0.1, -0.05) is 19.8 Å². The molecular formula is C15H25NO4. The van der Waals surface area contributed by atoms with E-state index in [0.717, 1.165) is 25.7 Å². The molecule has 1 heterocycles. The summed E-state index contributed by atoms with van der Waals surface area (Å²) in [6, 6.07) is 0.0916. The van der Waals surface area contributed by atoms with Crippen LogP contribution >= 0.6 is 0 Å². The first kappa shape index (κ1) is 15.3. The van der Waals surface area contributed by atoms with Crippen LogP contribution in [0.4, 0.5) is 0 Å². The molecule has 1 aliphatic heterocycles. The number of rotatable bonds is 4. The molecule has 5 heteroatoms. The molecule has 2 aliphatic rings. The zero-order chi connectivity index (χ0) is 14.9. The van der Waals surface area contributed by atoms with Crippen molar-refractivity contribution >= 4 is 11.9 Å². The van der Waals surface area contributed by atoms with Crippen LogP contribution in [0.1, 0.15) is 46.5 Å². The lowest BCUT2D eigenvalue weighted by Crippen LogP contribution is -2.47. The lowest BCUT2D eigenvalue weighted by atomic mass is 9.88. The molecule has 1 N–H and O–H groups in total. The van der Waals surface area contributed by atoms with Crippen molar-refractivity contribution in [3.05, 3.63) is 0 Å². The van der Waals surface area contributed by atoms with Gasteiger partial charge in [0.25, 0.3) is 0 Å². The molecule has 0 spiro atoms. The molecule has 2 rings (SSSR count). The van der Waals surface area contributed by atoms with E-state index in [1.807, 2.05) is 20.8 Å². The van der Waals surface area contributed by atoms with Gasteiger partial charge in [-0.2, -0.15) is 0 Å². The smallest absolute Gasteiger partial charge is 0.323 e. The fourth-order valence-corrected chi connectivity index (χ4v) is 3.63. The Morgan fingerprint density at radius 3 is 2.20 bits per heavy atom. The molecule has 0 bridgehead atoms. The van der Waals surface area contributed by atoms with Gasteiger partial charge in [-0.25, -0.2) is 0 Å². The van der Waals surface area contributed by atoms with Crippen molar-refractivity contribution in [2.24, 2.45) is 11.8 Å². The minimum absolute atomic E-state index is 0.0383. The van der Waals surface area contributed by atoms with Gasteiger partial charge in [0.15, 0.2) is 0 Å². The summed E-state index contributed by atoms with van der Waals surface area (Å²) in [5.74, 6) is -1.05. The number of carboxylic acid groups (broad SMARTS) is 1. The summed E-state index contributed by atoms with van der Waals surface area (Å²) in [5, 5.41) is 9.09. The number of hydrogen-bond donors (Lipinski definition) is 1. The van der Waals surface area contributed by atoms with E-state index in [2.05, 4.69) is 0 Å². The van der Waals surface area contributed by atoms with Gasteiger partial charge in [0.2, 0.25) is 5.91 Å². The topological polar surface area (TPSA) is 66.8 Å². The fraction of sp³-hybridized carbons (Fsp3) is 0.867. The van der Waals surface area contributed by atoms with Crippen LogP contribution < -0.4 is 0 Å². The van der Waals surface area contributed by atoms with E-state index in [9.17, 15) is 9.59 Å². The zero-order valence-electron chi connectivity index (χ0n) is 12.5. The summed E-state index contributed by atoms with van der Waals surface area (Å²) >= 11 is 0. The van der Waals surface area contributed by atoms with E-state index >= 15 is 0 Å². The molecule has 2 fully saturated rings. The first-order valence-electron chi connectivity index (χ1n) is 7.59. The highest BCUT2D eigenvalue weighted by Gasteiger charge is 2.45. The summed E-state index contributed by atoms with van der Waals surface area (Å²) in [6.07, 6.45) is 3.92. The van der Waals surface area contributed by atoms with Gasteiger partial charge >= 0.3 is 5.97 Å². The van der Waals surface area contributed by atoms with Crippen molar-refractivity contribution in [3.63, 3.8) is 0 Å². The number of aliphatic carboxylic acids is 1. The molecule has 114 valence electrons. The predicted octanol–water partition coefficient (Wildman–Crippen LogP) is 1.90. The van der Waals surface area contributed by atoms with Crippen molar-refractivity contribution in [2.45, 2.75) is 64.7 Å². The average molecular weight is 283 g/mol. The summed E-state index contributed by atoms with van der Waals surface area (Å²) in [6.45, 7) is 5.72. The molecule has 20 heavy (non-hydrogen) atoms. The number of hydrogen-bond acceptors (Lipinski definition) is 3. The molecule has 5 nitrogen and oxygen atoms in total. The molecule has 4 unspecified atom stereocenters. The number of nitrogens with zero attached hydrogens (tertiary/aromatic N) is 1. The van der Waals surface area contributed by atoms with Crippen molar-refractivity contribution in [2.75, 3.05) is 6.54 Å². The third kappa shape index (κ3) is 2.97. The predicted molar refractivity (Wildman–Crippen MR) is 74.3 cm³/mol. The van der Waals surface area contributed by atoms with Crippen molar-refractivity contribution in [1.82, 2.24) is 4.90 Å². The van der Waals surface area contributed by atoms with Crippen LogP contribution in [0.25, 0.3) is 0 Å². The van der Waals surface area contributed by atoms with Crippen LogP contribution in [0.15, 0.2) is 0 Å². The van der Waals surface area contributed by atoms with Crippen LogP contribution in [0.3, 0.4) is 0 Å². The Bertz CT molecular complexity index is 378. The Morgan fingerprint density at radius 2 is 1.75 bits per heavy atom. The second kappa shape index (κ2) is 6.12. The Labute approximate surface area is 120 Å². The second-order valence-electron chi connectivity index (χ2n) is 6.23. The Kier molecular flexibility index (Phi) is 4.68. The van der Waals surface area contributed by atoms with Crippen molar-refractivity contribution in [3.8, 4) is 0 Å². The van der Waals surface area contributed by atoms with Crippen LogP contribution in [-0.4, -0.2) is 46.7 Å². The summed E-state index contributed by atoms with van der Waals surface area (Å²) in [4.78, 5) is 25.5. The largest absolute Gasteiger partial charge is 0.480 e. The molecule has 1 aliphatic carbocycles. The van der Waals surface area contributed by atoms with Gasteiger partial charge in [0, 0.05) is 6.04 Å². The van der Waals surface area contributed by atoms with Crippen LogP contribution in [0.5, 0.6) is 0 Å². The number of carboxylic acids is 1. The van der Waals surface area contributed by atoms with Crippen molar-refractivity contribution in [1.29, 1.82) is 0 Å².